The average molecular weight is 375 g/mol. The first-order chi connectivity index (χ1) is 12.2. The van der Waals surface area contributed by atoms with Crippen molar-refractivity contribution in [2.45, 2.75) is 56.5 Å². The summed E-state index contributed by atoms with van der Waals surface area (Å²) in [5, 5.41) is 11.1. The zero-order chi connectivity index (χ0) is 18.9. The third-order valence-corrected chi connectivity index (χ3v) is 6.28. The monoisotopic (exact) mass is 374 g/mol. The largest absolute Gasteiger partial charge is 0.459 e. The summed E-state index contributed by atoms with van der Waals surface area (Å²) in [4.78, 5) is 24.9. The molecular formula is C21H26O4S. The molecule has 0 spiro atoms. The average Bonchev–Trinajstić information content (AvgIpc) is 2.93. The molecule has 140 valence electrons. The van der Waals surface area contributed by atoms with E-state index >= 15 is 0 Å². The Balaban J connectivity index is 2.01. The molecule has 0 amide bonds. The fraction of sp³-hybridized carbons (Fsp3) is 0.524. The van der Waals surface area contributed by atoms with E-state index in [1.54, 1.807) is 6.08 Å². The summed E-state index contributed by atoms with van der Waals surface area (Å²) in [6.45, 7) is 5.52. The van der Waals surface area contributed by atoms with Crippen molar-refractivity contribution in [2.24, 2.45) is 5.92 Å². The summed E-state index contributed by atoms with van der Waals surface area (Å²) in [5.41, 5.74) is -0.125. The van der Waals surface area contributed by atoms with Crippen LogP contribution in [0.1, 0.15) is 45.6 Å². The van der Waals surface area contributed by atoms with E-state index in [0.29, 0.717) is 12.2 Å². The van der Waals surface area contributed by atoms with Crippen molar-refractivity contribution in [1.29, 1.82) is 0 Å². The number of rotatable bonds is 3. The summed E-state index contributed by atoms with van der Waals surface area (Å²) < 4.78 is 5.62. The lowest BCUT2D eigenvalue weighted by Gasteiger charge is -2.35. The Bertz CT molecular complexity index is 719. The van der Waals surface area contributed by atoms with Gasteiger partial charge in [-0.3, -0.25) is 9.59 Å². The number of benzene rings is 1. The van der Waals surface area contributed by atoms with Crippen LogP contribution in [0.15, 0.2) is 42.0 Å². The molecule has 3 atom stereocenters. The SMILES string of the molecule is CC(C)(C)OC(=O)[C@H]1SC[C@@](O)(c2ccccc2)[C@@H]1C1=CC(=O)CCC1. The van der Waals surface area contributed by atoms with Crippen LogP contribution in [0.25, 0.3) is 0 Å². The number of aliphatic hydroxyl groups is 1. The zero-order valence-electron chi connectivity index (χ0n) is 15.5. The van der Waals surface area contributed by atoms with E-state index in [9.17, 15) is 14.7 Å². The van der Waals surface area contributed by atoms with Crippen molar-refractivity contribution in [3.05, 3.63) is 47.5 Å². The van der Waals surface area contributed by atoms with Crippen molar-refractivity contribution >= 4 is 23.5 Å². The van der Waals surface area contributed by atoms with E-state index in [1.807, 2.05) is 51.1 Å². The summed E-state index contributed by atoms with van der Waals surface area (Å²) >= 11 is 1.42. The van der Waals surface area contributed by atoms with Crippen molar-refractivity contribution in [3.8, 4) is 0 Å². The highest BCUT2D eigenvalue weighted by Gasteiger charge is 2.54. The number of ether oxygens (including phenoxy) is 1. The Labute approximate surface area is 159 Å². The van der Waals surface area contributed by atoms with Crippen LogP contribution in [-0.2, 0) is 19.9 Å². The van der Waals surface area contributed by atoms with Gasteiger partial charge < -0.3 is 9.84 Å². The normalized spacial score (nSPS) is 29.4. The number of hydrogen-bond donors (Lipinski definition) is 1. The highest BCUT2D eigenvalue weighted by molar-refractivity contribution is 8.01. The van der Waals surface area contributed by atoms with Gasteiger partial charge in [0.25, 0.3) is 0 Å². The second kappa shape index (κ2) is 7.20. The van der Waals surface area contributed by atoms with Crippen LogP contribution in [0.4, 0.5) is 0 Å². The van der Waals surface area contributed by atoms with E-state index in [4.69, 9.17) is 4.74 Å². The molecule has 0 unspecified atom stereocenters. The third kappa shape index (κ3) is 3.89. The van der Waals surface area contributed by atoms with Crippen LogP contribution in [0.3, 0.4) is 0 Å². The maximum absolute atomic E-state index is 12.8. The molecule has 0 bridgehead atoms. The highest BCUT2D eigenvalue weighted by Crippen LogP contribution is 2.51. The maximum Gasteiger partial charge on any atom is 0.320 e. The minimum atomic E-state index is -1.18. The van der Waals surface area contributed by atoms with Crippen LogP contribution in [0.5, 0.6) is 0 Å². The predicted octanol–water partition coefficient (Wildman–Crippen LogP) is 3.63. The van der Waals surface area contributed by atoms with Gasteiger partial charge in [0.15, 0.2) is 5.78 Å². The van der Waals surface area contributed by atoms with Gasteiger partial charge in [0.2, 0.25) is 0 Å². The number of ketones is 1. The van der Waals surface area contributed by atoms with Gasteiger partial charge in [-0.2, -0.15) is 0 Å². The van der Waals surface area contributed by atoms with Crippen LogP contribution < -0.4 is 0 Å². The van der Waals surface area contributed by atoms with Gasteiger partial charge in [0.1, 0.15) is 16.5 Å². The topological polar surface area (TPSA) is 63.6 Å². The standard InChI is InChI=1S/C21H26O4S/c1-20(2,3)25-19(23)18-17(14-8-7-11-16(22)12-14)21(24,13-26-18)15-9-5-4-6-10-15/h4-6,9-10,12,17-18,24H,7-8,11,13H2,1-3H3/t17-,18+,21-/m1/s1. The van der Waals surface area contributed by atoms with Crippen LogP contribution in [0.2, 0.25) is 0 Å². The van der Waals surface area contributed by atoms with E-state index in [1.165, 1.54) is 11.8 Å². The number of thioether (sulfide) groups is 1. The van der Waals surface area contributed by atoms with Gasteiger partial charge in [-0.15, -0.1) is 11.8 Å². The number of allylic oxidation sites excluding steroid dienone is 1. The first-order valence-electron chi connectivity index (χ1n) is 9.06. The minimum Gasteiger partial charge on any atom is -0.459 e. The van der Waals surface area contributed by atoms with Gasteiger partial charge in [-0.05, 0) is 45.3 Å². The van der Waals surface area contributed by atoms with Gasteiger partial charge >= 0.3 is 5.97 Å². The number of hydrogen-bond acceptors (Lipinski definition) is 5. The Morgan fingerprint density at radius 3 is 2.54 bits per heavy atom. The minimum absolute atomic E-state index is 0.0708. The van der Waals surface area contributed by atoms with E-state index in [0.717, 1.165) is 24.0 Å². The molecule has 5 heteroatoms. The number of carbonyl (C=O) groups is 2. The first kappa shape index (κ1) is 19.2. The van der Waals surface area contributed by atoms with Crippen molar-refractivity contribution in [3.63, 3.8) is 0 Å². The predicted molar refractivity (Wildman–Crippen MR) is 103 cm³/mol. The molecule has 1 heterocycles. The van der Waals surface area contributed by atoms with Crippen LogP contribution in [-0.4, -0.2) is 33.5 Å². The van der Waals surface area contributed by atoms with Crippen molar-refractivity contribution in [2.75, 3.05) is 5.75 Å². The molecule has 0 saturated carbocycles. The molecule has 1 aromatic rings. The molecule has 0 aromatic heterocycles. The van der Waals surface area contributed by atoms with Crippen LogP contribution in [0, 0.1) is 5.92 Å². The van der Waals surface area contributed by atoms with Gasteiger partial charge in [0.05, 0.1) is 0 Å². The Kier molecular flexibility index (Phi) is 5.31. The number of esters is 1. The molecule has 1 saturated heterocycles. The summed E-state index contributed by atoms with van der Waals surface area (Å²) in [7, 11) is 0. The quantitative estimate of drug-likeness (QED) is 0.819. The molecule has 0 radical (unpaired) electrons. The lowest BCUT2D eigenvalue weighted by molar-refractivity contribution is -0.156. The van der Waals surface area contributed by atoms with Gasteiger partial charge in [0, 0.05) is 18.1 Å². The smallest absolute Gasteiger partial charge is 0.320 e. The Hall–Kier alpha value is -1.59. The maximum atomic E-state index is 12.8. The van der Waals surface area contributed by atoms with Crippen LogP contribution >= 0.6 is 11.8 Å². The fourth-order valence-corrected chi connectivity index (χ4v) is 5.33. The van der Waals surface area contributed by atoms with E-state index in [-0.39, 0.29) is 11.8 Å². The van der Waals surface area contributed by atoms with Gasteiger partial charge in [-0.25, -0.2) is 0 Å². The van der Waals surface area contributed by atoms with E-state index < -0.39 is 22.4 Å². The molecule has 4 nitrogen and oxygen atoms in total. The molecule has 3 rings (SSSR count). The molecule has 2 aliphatic rings. The molecule has 26 heavy (non-hydrogen) atoms. The molecular weight excluding hydrogens is 348 g/mol. The summed E-state index contributed by atoms with van der Waals surface area (Å²) in [5.74, 6) is -0.300. The highest BCUT2D eigenvalue weighted by atomic mass is 32.2. The van der Waals surface area contributed by atoms with Crippen molar-refractivity contribution in [1.82, 2.24) is 0 Å². The lowest BCUT2D eigenvalue weighted by Crippen LogP contribution is -2.42. The third-order valence-electron chi connectivity index (χ3n) is 4.85. The second-order valence-electron chi connectivity index (χ2n) is 8.07. The first-order valence-corrected chi connectivity index (χ1v) is 10.1. The molecule has 1 aliphatic heterocycles. The zero-order valence-corrected chi connectivity index (χ0v) is 16.3. The van der Waals surface area contributed by atoms with Crippen molar-refractivity contribution < 1.29 is 19.4 Å². The molecule has 1 aliphatic carbocycles. The summed E-state index contributed by atoms with van der Waals surface area (Å²) in [6, 6.07) is 9.44. The molecule has 1 fully saturated rings. The molecule has 1 aromatic carbocycles. The second-order valence-corrected chi connectivity index (χ2v) is 9.20. The molecule has 1 N–H and O–H groups in total. The Morgan fingerprint density at radius 2 is 1.92 bits per heavy atom. The Morgan fingerprint density at radius 1 is 1.23 bits per heavy atom. The number of carbonyl (C=O) groups excluding carboxylic acids is 2. The van der Waals surface area contributed by atoms with Gasteiger partial charge in [-0.1, -0.05) is 35.9 Å². The fourth-order valence-electron chi connectivity index (χ4n) is 3.77. The lowest BCUT2D eigenvalue weighted by atomic mass is 9.73. The van der Waals surface area contributed by atoms with E-state index in [2.05, 4.69) is 0 Å². The summed E-state index contributed by atoms with van der Waals surface area (Å²) in [6.07, 6.45) is 3.67.